The molecule has 0 saturated heterocycles. The summed E-state index contributed by atoms with van der Waals surface area (Å²) in [7, 11) is 0. The van der Waals surface area contributed by atoms with Crippen molar-refractivity contribution in [2.75, 3.05) is 5.32 Å². The van der Waals surface area contributed by atoms with Crippen molar-refractivity contribution in [3.8, 4) is 5.69 Å². The van der Waals surface area contributed by atoms with Crippen molar-refractivity contribution < 1.29 is 9.50 Å². The van der Waals surface area contributed by atoms with Gasteiger partial charge >= 0.3 is 0 Å². The summed E-state index contributed by atoms with van der Waals surface area (Å²) in [5.74, 6) is -0.262. The van der Waals surface area contributed by atoms with Crippen molar-refractivity contribution in [3.63, 3.8) is 0 Å². The zero-order chi connectivity index (χ0) is 15.4. The van der Waals surface area contributed by atoms with Crippen LogP contribution in [0.4, 0.5) is 10.1 Å². The number of aromatic nitrogens is 2. The lowest BCUT2D eigenvalue weighted by molar-refractivity contribution is 0.282. The highest BCUT2D eigenvalue weighted by Crippen LogP contribution is 2.13. The van der Waals surface area contributed by atoms with Gasteiger partial charge in [0.05, 0.1) is 24.5 Å². The van der Waals surface area contributed by atoms with E-state index in [1.165, 1.54) is 12.1 Å². The molecule has 2 N–H and O–H groups in total. The second-order valence-electron chi connectivity index (χ2n) is 4.94. The fourth-order valence-corrected chi connectivity index (χ4v) is 2.17. The predicted octanol–water partition coefficient (Wildman–Crippen LogP) is 3.12. The van der Waals surface area contributed by atoms with Gasteiger partial charge in [0, 0.05) is 11.9 Å². The second-order valence-corrected chi connectivity index (χ2v) is 4.94. The summed E-state index contributed by atoms with van der Waals surface area (Å²) in [6, 6.07) is 15.7. The molecule has 0 spiro atoms. The monoisotopic (exact) mass is 297 g/mol. The van der Waals surface area contributed by atoms with Crippen LogP contribution < -0.4 is 5.32 Å². The third-order valence-corrected chi connectivity index (χ3v) is 3.32. The number of hydrogen-bond acceptors (Lipinski definition) is 3. The molecule has 1 aromatic heterocycles. The summed E-state index contributed by atoms with van der Waals surface area (Å²) >= 11 is 0. The maximum atomic E-state index is 12.9. The van der Waals surface area contributed by atoms with E-state index < -0.39 is 0 Å². The van der Waals surface area contributed by atoms with Crippen molar-refractivity contribution in [3.05, 3.63) is 77.9 Å². The van der Waals surface area contributed by atoms with Crippen LogP contribution in [-0.4, -0.2) is 14.9 Å². The number of benzene rings is 2. The molecular formula is C17H16FN3O. The van der Waals surface area contributed by atoms with Crippen LogP contribution >= 0.6 is 0 Å². The molecule has 112 valence electrons. The van der Waals surface area contributed by atoms with Crippen molar-refractivity contribution in [2.45, 2.75) is 13.2 Å². The number of halogens is 1. The Morgan fingerprint density at radius 1 is 1.09 bits per heavy atom. The van der Waals surface area contributed by atoms with Crippen molar-refractivity contribution >= 4 is 5.69 Å². The Bertz CT molecular complexity index is 753. The van der Waals surface area contributed by atoms with E-state index in [2.05, 4.69) is 10.4 Å². The maximum absolute atomic E-state index is 12.9. The third-order valence-electron chi connectivity index (χ3n) is 3.32. The van der Waals surface area contributed by atoms with E-state index in [1.807, 2.05) is 36.5 Å². The van der Waals surface area contributed by atoms with Crippen molar-refractivity contribution in [2.24, 2.45) is 0 Å². The van der Waals surface area contributed by atoms with Crippen LogP contribution in [0.25, 0.3) is 5.69 Å². The number of aliphatic hydroxyl groups is 1. The smallest absolute Gasteiger partial charge is 0.123 e. The summed E-state index contributed by atoms with van der Waals surface area (Å²) in [6.07, 6.45) is 1.84. The molecule has 0 bridgehead atoms. The lowest BCUT2D eigenvalue weighted by Crippen LogP contribution is -2.02. The minimum absolute atomic E-state index is 0.0225. The molecule has 0 radical (unpaired) electrons. The van der Waals surface area contributed by atoms with Crippen molar-refractivity contribution in [1.29, 1.82) is 0 Å². The van der Waals surface area contributed by atoms with Gasteiger partial charge in [0.2, 0.25) is 0 Å². The second kappa shape index (κ2) is 6.41. The van der Waals surface area contributed by atoms with Gasteiger partial charge in [-0.2, -0.15) is 5.10 Å². The third kappa shape index (κ3) is 3.32. The molecule has 0 amide bonds. The maximum Gasteiger partial charge on any atom is 0.123 e. The van der Waals surface area contributed by atoms with E-state index in [0.29, 0.717) is 6.54 Å². The largest absolute Gasteiger partial charge is 0.392 e. The number of aliphatic hydroxyl groups excluding tert-OH is 1. The Morgan fingerprint density at radius 3 is 2.68 bits per heavy atom. The Hall–Kier alpha value is -2.66. The Labute approximate surface area is 127 Å². The zero-order valence-electron chi connectivity index (χ0n) is 11.9. The molecule has 2 aromatic carbocycles. The van der Waals surface area contributed by atoms with Gasteiger partial charge in [-0.15, -0.1) is 0 Å². The summed E-state index contributed by atoms with van der Waals surface area (Å²) in [6.45, 7) is 0.595. The van der Waals surface area contributed by atoms with Crippen molar-refractivity contribution in [1.82, 2.24) is 9.78 Å². The number of hydrogen-bond donors (Lipinski definition) is 2. The average molecular weight is 297 g/mol. The minimum Gasteiger partial charge on any atom is -0.392 e. The van der Waals surface area contributed by atoms with Crippen LogP contribution in [0.1, 0.15) is 11.3 Å². The van der Waals surface area contributed by atoms with E-state index in [9.17, 15) is 4.39 Å². The lowest BCUT2D eigenvalue weighted by Gasteiger charge is -2.06. The Kier molecular flexibility index (Phi) is 4.16. The van der Waals surface area contributed by atoms with Gasteiger partial charge in [0.25, 0.3) is 0 Å². The van der Waals surface area contributed by atoms with E-state index in [-0.39, 0.29) is 12.4 Å². The first kappa shape index (κ1) is 14.3. The van der Waals surface area contributed by atoms with Gasteiger partial charge < -0.3 is 10.4 Å². The van der Waals surface area contributed by atoms with Gasteiger partial charge in [0.15, 0.2) is 0 Å². The summed E-state index contributed by atoms with van der Waals surface area (Å²) < 4.78 is 14.6. The molecule has 1 heterocycles. The molecule has 0 saturated carbocycles. The fraction of sp³-hybridized carbons (Fsp3) is 0.118. The Morgan fingerprint density at radius 2 is 1.91 bits per heavy atom. The molecule has 22 heavy (non-hydrogen) atoms. The first-order valence-electron chi connectivity index (χ1n) is 6.99. The van der Waals surface area contributed by atoms with Crippen LogP contribution in [0, 0.1) is 5.82 Å². The van der Waals surface area contributed by atoms with Crippen LogP contribution in [0.5, 0.6) is 0 Å². The number of anilines is 1. The predicted molar refractivity (Wildman–Crippen MR) is 83.2 cm³/mol. The number of nitrogens with one attached hydrogen (secondary N) is 1. The average Bonchev–Trinajstić information content (AvgIpc) is 3.03. The standard InChI is InChI=1S/C17H16FN3O/c18-14-4-6-17(7-5-14)21-9-8-16(20-21)11-19-15-3-1-2-13(10-15)12-22/h1-10,19,22H,11-12H2. The van der Waals surface area contributed by atoms with Crippen LogP contribution in [-0.2, 0) is 13.2 Å². The summed E-state index contributed by atoms with van der Waals surface area (Å²) in [5, 5.41) is 16.8. The van der Waals surface area contributed by atoms with Crippen LogP contribution in [0.3, 0.4) is 0 Å². The number of rotatable bonds is 5. The highest BCUT2D eigenvalue weighted by molar-refractivity contribution is 5.45. The molecule has 5 heteroatoms. The Balaban J connectivity index is 1.67. The van der Waals surface area contributed by atoms with Gasteiger partial charge in [-0.05, 0) is 48.0 Å². The SMILES string of the molecule is OCc1cccc(NCc2ccn(-c3ccc(F)cc3)n2)c1. The fourth-order valence-electron chi connectivity index (χ4n) is 2.17. The summed E-state index contributed by atoms with van der Waals surface area (Å²) in [5.41, 5.74) is 3.48. The summed E-state index contributed by atoms with van der Waals surface area (Å²) in [4.78, 5) is 0. The molecule has 3 rings (SSSR count). The highest BCUT2D eigenvalue weighted by Gasteiger charge is 2.02. The normalized spacial score (nSPS) is 10.6. The van der Waals surface area contributed by atoms with Gasteiger partial charge in [-0.1, -0.05) is 12.1 Å². The quantitative estimate of drug-likeness (QED) is 0.761. The first-order chi connectivity index (χ1) is 10.7. The van der Waals surface area contributed by atoms with Gasteiger partial charge in [-0.3, -0.25) is 0 Å². The van der Waals surface area contributed by atoms with E-state index in [0.717, 1.165) is 22.6 Å². The topological polar surface area (TPSA) is 50.1 Å². The molecule has 0 aliphatic carbocycles. The molecule has 0 unspecified atom stereocenters. The molecule has 3 aromatic rings. The highest BCUT2D eigenvalue weighted by atomic mass is 19.1. The molecule has 0 atom stereocenters. The number of nitrogens with zero attached hydrogens (tertiary/aromatic N) is 2. The zero-order valence-corrected chi connectivity index (χ0v) is 11.9. The van der Waals surface area contributed by atoms with E-state index in [1.54, 1.807) is 16.8 Å². The molecular weight excluding hydrogens is 281 g/mol. The first-order valence-corrected chi connectivity index (χ1v) is 6.99. The molecule has 4 nitrogen and oxygen atoms in total. The van der Waals surface area contributed by atoms with E-state index >= 15 is 0 Å². The van der Waals surface area contributed by atoms with Gasteiger partial charge in [-0.25, -0.2) is 9.07 Å². The van der Waals surface area contributed by atoms with Crippen LogP contribution in [0.2, 0.25) is 0 Å². The lowest BCUT2D eigenvalue weighted by atomic mass is 10.2. The van der Waals surface area contributed by atoms with Crippen LogP contribution in [0.15, 0.2) is 60.8 Å². The minimum atomic E-state index is -0.262. The molecule has 0 fully saturated rings. The molecule has 0 aliphatic rings. The van der Waals surface area contributed by atoms with Gasteiger partial charge in [0.1, 0.15) is 5.82 Å². The molecule has 0 aliphatic heterocycles. The van der Waals surface area contributed by atoms with E-state index in [4.69, 9.17) is 5.11 Å².